The molecule has 0 N–H and O–H groups in total. The zero-order valence-electron chi connectivity index (χ0n) is 15.4. The molecule has 10 heteroatoms. The van der Waals surface area contributed by atoms with Crippen molar-refractivity contribution in [3.8, 4) is 0 Å². The second kappa shape index (κ2) is 8.17. The van der Waals surface area contributed by atoms with Crippen LogP contribution in [0, 0.1) is 10.1 Å². The molecule has 0 bridgehead atoms. The van der Waals surface area contributed by atoms with Gasteiger partial charge in [-0.1, -0.05) is 12.1 Å². The summed E-state index contributed by atoms with van der Waals surface area (Å²) in [4.78, 5) is 35.3. The summed E-state index contributed by atoms with van der Waals surface area (Å²) >= 11 is 0. The maximum Gasteiger partial charge on any atom is 0.337 e. The smallest absolute Gasteiger partial charge is 0.337 e. The molecule has 0 saturated heterocycles. The second-order valence-corrected chi connectivity index (χ2v) is 8.05. The van der Waals surface area contributed by atoms with Crippen molar-refractivity contribution in [2.75, 3.05) is 20.4 Å². The van der Waals surface area contributed by atoms with Crippen molar-refractivity contribution < 1.29 is 27.7 Å². The van der Waals surface area contributed by atoms with Crippen molar-refractivity contribution in [1.29, 1.82) is 0 Å². The first-order chi connectivity index (χ1) is 13.0. The summed E-state index contributed by atoms with van der Waals surface area (Å²) in [6, 6.07) is 9.69. The van der Waals surface area contributed by atoms with E-state index in [1.165, 1.54) is 25.1 Å². The zero-order valence-corrected chi connectivity index (χ0v) is 16.2. The maximum atomic E-state index is 12.6. The molecule has 1 amide bonds. The predicted octanol–water partition coefficient (Wildman–Crippen LogP) is 2.06. The van der Waals surface area contributed by atoms with Gasteiger partial charge in [-0.3, -0.25) is 14.9 Å². The van der Waals surface area contributed by atoms with E-state index in [2.05, 4.69) is 4.74 Å². The number of esters is 1. The van der Waals surface area contributed by atoms with Crippen LogP contribution in [0.5, 0.6) is 0 Å². The van der Waals surface area contributed by atoms with Crippen molar-refractivity contribution in [2.24, 2.45) is 0 Å². The van der Waals surface area contributed by atoms with Gasteiger partial charge in [0.05, 0.1) is 17.6 Å². The van der Waals surface area contributed by atoms with E-state index >= 15 is 0 Å². The number of carbonyl (C=O) groups is 2. The first-order valence-electron chi connectivity index (χ1n) is 7.96. The number of nitrogens with zero attached hydrogens (tertiary/aromatic N) is 2. The second-order valence-electron chi connectivity index (χ2n) is 6.06. The SMILES string of the molecule is COC(=O)c1ccc(CN(C)C(=O)c2ccc(S(C)(=O)=O)c([N+](=O)[O-])c2)cc1. The minimum Gasteiger partial charge on any atom is -0.465 e. The third kappa shape index (κ3) is 4.71. The lowest BCUT2D eigenvalue weighted by Crippen LogP contribution is -2.26. The number of rotatable bonds is 6. The summed E-state index contributed by atoms with van der Waals surface area (Å²) in [6.07, 6.45) is 0.862. The molecule has 0 spiro atoms. The molecule has 2 rings (SSSR count). The van der Waals surface area contributed by atoms with Gasteiger partial charge in [-0.15, -0.1) is 0 Å². The van der Waals surface area contributed by atoms with E-state index in [4.69, 9.17) is 0 Å². The fraction of sp³-hybridized carbons (Fsp3) is 0.222. The van der Waals surface area contributed by atoms with Crippen molar-refractivity contribution in [1.82, 2.24) is 4.90 Å². The first kappa shape index (κ1) is 21.0. The summed E-state index contributed by atoms with van der Waals surface area (Å²) < 4.78 is 28.0. The molecular formula is C18H18N2O7S. The van der Waals surface area contributed by atoms with Crippen molar-refractivity contribution in [2.45, 2.75) is 11.4 Å². The minimum absolute atomic E-state index is 0.00668. The molecule has 0 saturated carbocycles. The van der Waals surface area contributed by atoms with Crippen LogP contribution in [0.15, 0.2) is 47.4 Å². The van der Waals surface area contributed by atoms with Crippen LogP contribution in [0.25, 0.3) is 0 Å². The highest BCUT2D eigenvalue weighted by Crippen LogP contribution is 2.25. The van der Waals surface area contributed by atoms with Gasteiger partial charge < -0.3 is 9.64 Å². The van der Waals surface area contributed by atoms with Crippen LogP contribution in [-0.2, 0) is 21.1 Å². The van der Waals surface area contributed by atoms with Crippen LogP contribution in [0.1, 0.15) is 26.3 Å². The highest BCUT2D eigenvalue weighted by atomic mass is 32.2. The fourth-order valence-corrected chi connectivity index (χ4v) is 3.37. The van der Waals surface area contributed by atoms with Gasteiger partial charge in [-0.2, -0.15) is 0 Å². The molecule has 2 aromatic carbocycles. The molecule has 0 aliphatic carbocycles. The Labute approximate surface area is 161 Å². The molecule has 0 aliphatic rings. The Hall–Kier alpha value is -3.27. The number of amides is 1. The van der Waals surface area contributed by atoms with Gasteiger partial charge in [0.15, 0.2) is 9.84 Å². The molecule has 0 aliphatic heterocycles. The predicted molar refractivity (Wildman–Crippen MR) is 99.8 cm³/mol. The summed E-state index contributed by atoms with van der Waals surface area (Å²) in [5.41, 5.74) is 0.440. The third-order valence-corrected chi connectivity index (χ3v) is 5.09. The largest absolute Gasteiger partial charge is 0.465 e. The summed E-state index contributed by atoms with van der Waals surface area (Å²) in [5, 5.41) is 11.2. The lowest BCUT2D eigenvalue weighted by Gasteiger charge is -2.17. The first-order valence-corrected chi connectivity index (χ1v) is 9.85. The molecule has 148 valence electrons. The zero-order chi connectivity index (χ0) is 21.1. The molecule has 0 unspecified atom stereocenters. The number of carbonyl (C=O) groups excluding carboxylic acids is 2. The lowest BCUT2D eigenvalue weighted by atomic mass is 10.1. The molecule has 0 atom stereocenters. The Morgan fingerprint density at radius 1 is 1.11 bits per heavy atom. The average molecular weight is 406 g/mol. The lowest BCUT2D eigenvalue weighted by molar-refractivity contribution is -0.387. The van der Waals surface area contributed by atoms with Gasteiger partial charge in [0.2, 0.25) is 0 Å². The van der Waals surface area contributed by atoms with Crippen LogP contribution in [0.4, 0.5) is 5.69 Å². The van der Waals surface area contributed by atoms with E-state index in [0.717, 1.165) is 24.0 Å². The van der Waals surface area contributed by atoms with Crippen LogP contribution in [0.3, 0.4) is 0 Å². The molecule has 0 fully saturated rings. The monoisotopic (exact) mass is 406 g/mol. The molecule has 0 radical (unpaired) electrons. The molecule has 9 nitrogen and oxygen atoms in total. The van der Waals surface area contributed by atoms with Crippen molar-refractivity contribution >= 4 is 27.4 Å². The number of sulfone groups is 1. The van der Waals surface area contributed by atoms with Crippen LogP contribution >= 0.6 is 0 Å². The summed E-state index contributed by atoms with van der Waals surface area (Å²) in [6.45, 7) is 0.182. The quantitative estimate of drug-likeness (QED) is 0.408. The van der Waals surface area contributed by atoms with E-state index in [1.54, 1.807) is 24.3 Å². The van der Waals surface area contributed by atoms with E-state index in [9.17, 15) is 28.1 Å². The van der Waals surface area contributed by atoms with Gasteiger partial charge in [-0.05, 0) is 29.8 Å². The number of ether oxygens (including phenoxy) is 1. The molecule has 0 aromatic heterocycles. The number of methoxy groups -OCH3 is 1. The fourth-order valence-electron chi connectivity index (χ4n) is 2.54. The van der Waals surface area contributed by atoms with Gasteiger partial charge in [0.1, 0.15) is 4.90 Å². The van der Waals surface area contributed by atoms with Crippen molar-refractivity contribution in [3.63, 3.8) is 0 Å². The molecule has 28 heavy (non-hydrogen) atoms. The average Bonchev–Trinajstić information content (AvgIpc) is 2.66. The number of hydrogen-bond acceptors (Lipinski definition) is 7. The van der Waals surface area contributed by atoms with E-state index in [-0.39, 0.29) is 12.1 Å². The number of benzene rings is 2. The Balaban J connectivity index is 2.24. The van der Waals surface area contributed by atoms with Gasteiger partial charge in [0.25, 0.3) is 11.6 Å². The van der Waals surface area contributed by atoms with E-state index in [1.807, 2.05) is 0 Å². The third-order valence-electron chi connectivity index (χ3n) is 3.94. The Morgan fingerprint density at radius 2 is 1.68 bits per heavy atom. The van der Waals surface area contributed by atoms with E-state index < -0.39 is 37.2 Å². The van der Waals surface area contributed by atoms with Crippen LogP contribution in [0.2, 0.25) is 0 Å². The number of nitro benzene ring substituents is 1. The summed E-state index contributed by atoms with van der Waals surface area (Å²) in [5.74, 6) is -0.991. The van der Waals surface area contributed by atoms with E-state index in [0.29, 0.717) is 5.56 Å². The Kier molecular flexibility index (Phi) is 6.14. The Morgan fingerprint density at radius 3 is 2.18 bits per heavy atom. The topological polar surface area (TPSA) is 124 Å². The van der Waals surface area contributed by atoms with Crippen molar-refractivity contribution in [3.05, 3.63) is 69.3 Å². The standard InChI is InChI=1S/C18H18N2O7S/c1-19(11-12-4-6-13(7-5-12)18(22)27-2)17(21)14-8-9-16(28(3,25)26)15(10-14)20(23)24/h4-10H,11H2,1-3H3. The molecule has 0 heterocycles. The highest BCUT2D eigenvalue weighted by molar-refractivity contribution is 7.90. The maximum absolute atomic E-state index is 12.6. The highest BCUT2D eigenvalue weighted by Gasteiger charge is 2.25. The van der Waals surface area contributed by atoms with Crippen LogP contribution in [-0.4, -0.2) is 50.5 Å². The van der Waals surface area contributed by atoms with Gasteiger partial charge >= 0.3 is 5.97 Å². The minimum atomic E-state index is -3.81. The summed E-state index contributed by atoms with van der Waals surface area (Å²) in [7, 11) is -1.03. The molecular weight excluding hydrogens is 388 g/mol. The van der Waals surface area contributed by atoms with Gasteiger partial charge in [0, 0.05) is 31.5 Å². The van der Waals surface area contributed by atoms with Crippen LogP contribution < -0.4 is 0 Å². The molecule has 2 aromatic rings. The number of hydrogen-bond donors (Lipinski definition) is 0. The number of nitro groups is 1. The van der Waals surface area contributed by atoms with Gasteiger partial charge in [-0.25, -0.2) is 13.2 Å². The normalized spacial score (nSPS) is 11.0. The Bertz CT molecular complexity index is 1030.